The first-order chi connectivity index (χ1) is 13.7. The molecule has 0 amide bonds. The second-order valence-corrected chi connectivity index (χ2v) is 6.68. The fourth-order valence-electron chi connectivity index (χ4n) is 2.62. The minimum Gasteiger partial charge on any atom is -0.332 e. The van der Waals surface area contributed by atoms with E-state index in [0.717, 1.165) is 21.5 Å². The lowest BCUT2D eigenvalue weighted by atomic mass is 10.1. The average Bonchev–Trinajstić information content (AvgIpc) is 3.12. The highest BCUT2D eigenvalue weighted by Crippen LogP contribution is 2.24. The molecular formula is C19H15F5N4S. The van der Waals surface area contributed by atoms with Gasteiger partial charge in [0.15, 0.2) is 34.2 Å². The maximum absolute atomic E-state index is 13.8. The van der Waals surface area contributed by atoms with Crippen LogP contribution in [-0.2, 0) is 6.54 Å². The van der Waals surface area contributed by atoms with Crippen LogP contribution < -0.4 is 10.6 Å². The first-order valence-corrected chi connectivity index (χ1v) is 8.77. The number of thiocarbonyl (C=S) groups is 1. The third-order valence-electron chi connectivity index (χ3n) is 4.36. The topological polar surface area (TPSA) is 41.9 Å². The zero-order valence-electron chi connectivity index (χ0n) is 15.3. The summed E-state index contributed by atoms with van der Waals surface area (Å²) in [5.74, 6) is -9.74. The van der Waals surface area contributed by atoms with E-state index >= 15 is 0 Å². The highest BCUT2D eigenvalue weighted by Gasteiger charge is 2.25. The molecule has 152 valence electrons. The van der Waals surface area contributed by atoms with Gasteiger partial charge in [-0.15, -0.1) is 0 Å². The molecule has 10 heteroatoms. The van der Waals surface area contributed by atoms with Crippen molar-refractivity contribution in [2.75, 3.05) is 10.6 Å². The Bertz CT molecular complexity index is 1070. The standard InChI is InChI=1S/C19H15F5N4S/c1-9-4-3-5-12(10(9)2)25-19(29)26-13-6-7-28(27-13)8-11-14(20)16(22)18(24)17(23)15(11)21/h3-7H,8H2,1-2H3,(H2,25,26,27,29). The Hall–Kier alpha value is -3.01. The molecule has 0 fully saturated rings. The number of benzene rings is 2. The van der Waals surface area contributed by atoms with Gasteiger partial charge in [0.2, 0.25) is 5.82 Å². The molecule has 0 unspecified atom stereocenters. The van der Waals surface area contributed by atoms with Crippen molar-refractivity contribution >= 4 is 28.8 Å². The highest BCUT2D eigenvalue weighted by molar-refractivity contribution is 7.80. The molecule has 2 N–H and O–H groups in total. The number of rotatable bonds is 4. The maximum atomic E-state index is 13.8. The number of nitrogens with one attached hydrogen (secondary N) is 2. The SMILES string of the molecule is Cc1cccc(NC(=S)Nc2ccn(Cc3c(F)c(F)c(F)c(F)c3F)n2)c1C. The van der Waals surface area contributed by atoms with Gasteiger partial charge >= 0.3 is 0 Å². The molecule has 0 aliphatic carbocycles. The van der Waals surface area contributed by atoms with E-state index in [9.17, 15) is 22.0 Å². The van der Waals surface area contributed by atoms with Gasteiger partial charge in [-0.25, -0.2) is 22.0 Å². The van der Waals surface area contributed by atoms with Gasteiger partial charge in [0, 0.05) is 18.0 Å². The number of hydrogen-bond acceptors (Lipinski definition) is 2. The second-order valence-electron chi connectivity index (χ2n) is 6.27. The first kappa shape index (κ1) is 20.7. The summed E-state index contributed by atoms with van der Waals surface area (Å²) in [6.07, 6.45) is 1.32. The molecule has 1 heterocycles. The Morgan fingerprint density at radius 3 is 2.21 bits per heavy atom. The Balaban J connectivity index is 1.74. The molecule has 0 aliphatic heterocycles. The molecule has 4 nitrogen and oxygen atoms in total. The van der Waals surface area contributed by atoms with Gasteiger partial charge in [-0.2, -0.15) is 5.10 Å². The summed E-state index contributed by atoms with van der Waals surface area (Å²) in [5.41, 5.74) is 1.90. The van der Waals surface area contributed by atoms with Gasteiger partial charge in [0.05, 0.1) is 12.1 Å². The molecule has 3 rings (SSSR count). The summed E-state index contributed by atoms with van der Waals surface area (Å²) in [7, 11) is 0. The Kier molecular flexibility index (Phi) is 5.83. The number of nitrogens with zero attached hydrogens (tertiary/aromatic N) is 2. The van der Waals surface area contributed by atoms with Gasteiger partial charge in [-0.1, -0.05) is 12.1 Å². The molecule has 0 atom stereocenters. The van der Waals surface area contributed by atoms with Crippen LogP contribution in [0.1, 0.15) is 16.7 Å². The van der Waals surface area contributed by atoms with E-state index in [-0.39, 0.29) is 10.9 Å². The van der Waals surface area contributed by atoms with Crippen molar-refractivity contribution in [3.05, 3.63) is 76.2 Å². The van der Waals surface area contributed by atoms with E-state index in [4.69, 9.17) is 12.2 Å². The summed E-state index contributed by atoms with van der Waals surface area (Å²) in [6, 6.07) is 7.12. The van der Waals surface area contributed by atoms with E-state index in [0.29, 0.717) is 0 Å². The number of halogens is 5. The number of aromatic nitrogens is 2. The van der Waals surface area contributed by atoms with Crippen molar-refractivity contribution in [3.63, 3.8) is 0 Å². The zero-order chi connectivity index (χ0) is 21.3. The average molecular weight is 426 g/mol. The van der Waals surface area contributed by atoms with Crippen molar-refractivity contribution in [1.82, 2.24) is 9.78 Å². The lowest BCUT2D eigenvalue weighted by Gasteiger charge is -2.12. The third-order valence-corrected chi connectivity index (χ3v) is 4.56. The predicted octanol–water partition coefficient (Wildman–Crippen LogP) is 5.05. The Labute approximate surface area is 168 Å². The van der Waals surface area contributed by atoms with Crippen molar-refractivity contribution in [3.8, 4) is 0 Å². The fraction of sp³-hybridized carbons (Fsp3) is 0.158. The van der Waals surface area contributed by atoms with Crippen molar-refractivity contribution in [2.24, 2.45) is 0 Å². The summed E-state index contributed by atoms with van der Waals surface area (Å²) in [4.78, 5) is 0. The molecule has 0 spiro atoms. The molecule has 29 heavy (non-hydrogen) atoms. The molecule has 0 aliphatic rings. The first-order valence-electron chi connectivity index (χ1n) is 8.37. The van der Waals surface area contributed by atoms with E-state index in [2.05, 4.69) is 15.7 Å². The van der Waals surface area contributed by atoms with Gasteiger partial charge in [0.1, 0.15) is 0 Å². The molecule has 0 saturated carbocycles. The second kappa shape index (κ2) is 8.16. The molecule has 0 bridgehead atoms. The highest BCUT2D eigenvalue weighted by atomic mass is 32.1. The molecule has 1 aromatic heterocycles. The monoisotopic (exact) mass is 426 g/mol. The zero-order valence-corrected chi connectivity index (χ0v) is 16.1. The van der Waals surface area contributed by atoms with Gasteiger partial charge in [-0.3, -0.25) is 4.68 Å². The van der Waals surface area contributed by atoms with Crippen LogP contribution in [0.25, 0.3) is 0 Å². The Morgan fingerprint density at radius 1 is 0.931 bits per heavy atom. The number of anilines is 2. The third kappa shape index (κ3) is 4.21. The van der Waals surface area contributed by atoms with Crippen LogP contribution in [0.2, 0.25) is 0 Å². The van der Waals surface area contributed by atoms with Crippen molar-refractivity contribution < 1.29 is 22.0 Å². The maximum Gasteiger partial charge on any atom is 0.200 e. The Morgan fingerprint density at radius 2 is 1.55 bits per heavy atom. The quantitative estimate of drug-likeness (QED) is 0.265. The van der Waals surface area contributed by atoms with Crippen molar-refractivity contribution in [2.45, 2.75) is 20.4 Å². The predicted molar refractivity (Wildman–Crippen MR) is 103 cm³/mol. The normalized spacial score (nSPS) is 10.9. The molecular weight excluding hydrogens is 411 g/mol. The van der Waals surface area contributed by atoms with E-state index in [1.165, 1.54) is 12.3 Å². The van der Waals surface area contributed by atoms with Gasteiger partial charge in [-0.05, 0) is 43.3 Å². The summed E-state index contributed by atoms with van der Waals surface area (Å²) < 4.78 is 68.4. The van der Waals surface area contributed by atoms with Crippen LogP contribution in [-0.4, -0.2) is 14.9 Å². The minimum atomic E-state index is -2.20. The van der Waals surface area contributed by atoms with Crippen molar-refractivity contribution in [1.29, 1.82) is 0 Å². The van der Waals surface area contributed by atoms with E-state index in [1.54, 1.807) is 0 Å². The van der Waals surface area contributed by atoms with E-state index in [1.807, 2.05) is 32.0 Å². The van der Waals surface area contributed by atoms with E-state index < -0.39 is 41.2 Å². The van der Waals surface area contributed by atoms with Crippen LogP contribution >= 0.6 is 12.2 Å². The summed E-state index contributed by atoms with van der Waals surface area (Å²) >= 11 is 5.22. The molecule has 0 saturated heterocycles. The van der Waals surface area contributed by atoms with Crippen LogP contribution in [0.3, 0.4) is 0 Å². The lowest BCUT2D eigenvalue weighted by molar-refractivity contribution is 0.367. The summed E-state index contributed by atoms with van der Waals surface area (Å²) in [6.45, 7) is 3.24. The van der Waals surface area contributed by atoms with Gasteiger partial charge in [0.25, 0.3) is 0 Å². The molecule has 3 aromatic rings. The van der Waals surface area contributed by atoms with Crippen LogP contribution in [0.4, 0.5) is 33.5 Å². The van der Waals surface area contributed by atoms with Crippen LogP contribution in [0, 0.1) is 42.9 Å². The smallest absolute Gasteiger partial charge is 0.200 e. The lowest BCUT2D eigenvalue weighted by Crippen LogP contribution is -2.20. The number of hydrogen-bond donors (Lipinski definition) is 2. The minimum absolute atomic E-state index is 0.222. The number of aryl methyl sites for hydroxylation is 1. The molecule has 2 aromatic carbocycles. The largest absolute Gasteiger partial charge is 0.332 e. The van der Waals surface area contributed by atoms with Gasteiger partial charge < -0.3 is 10.6 Å². The van der Waals surface area contributed by atoms with Crippen LogP contribution in [0.15, 0.2) is 30.5 Å². The van der Waals surface area contributed by atoms with Crippen LogP contribution in [0.5, 0.6) is 0 Å². The fourth-order valence-corrected chi connectivity index (χ4v) is 2.84. The molecule has 0 radical (unpaired) electrons. The summed E-state index contributed by atoms with van der Waals surface area (Å²) in [5, 5.41) is 10.0.